The second-order valence-corrected chi connectivity index (χ2v) is 3.98. The Hall–Kier alpha value is -0.340. The maximum atomic E-state index is 5.07. The third-order valence-electron chi connectivity index (χ3n) is 1.79. The molecule has 2 heteroatoms. The maximum absolute atomic E-state index is 5.07. The average Bonchev–Trinajstić information content (AvgIpc) is 2.01. The van der Waals surface area contributed by atoms with E-state index in [4.69, 9.17) is 4.74 Å². The van der Waals surface area contributed by atoms with Gasteiger partial charge in [-0.2, -0.15) is 0 Å². The van der Waals surface area contributed by atoms with Gasteiger partial charge in [0.2, 0.25) is 0 Å². The number of hydrogen-bond acceptors (Lipinski definition) is 2. The molecule has 0 aliphatic rings. The van der Waals surface area contributed by atoms with Crippen LogP contribution in [0.25, 0.3) is 0 Å². The van der Waals surface area contributed by atoms with Crippen molar-refractivity contribution in [2.75, 3.05) is 20.3 Å². The van der Waals surface area contributed by atoms with E-state index < -0.39 is 0 Å². The van der Waals surface area contributed by atoms with Gasteiger partial charge in [0.1, 0.15) is 0 Å². The fourth-order valence-electron chi connectivity index (χ4n) is 1.22. The van der Waals surface area contributed by atoms with Crippen molar-refractivity contribution in [2.24, 2.45) is 5.92 Å². The molecule has 0 fully saturated rings. The third kappa shape index (κ3) is 8.00. The predicted octanol–water partition coefficient (Wildman–Crippen LogP) is 2.21. The van der Waals surface area contributed by atoms with Gasteiger partial charge in [0.15, 0.2) is 0 Å². The van der Waals surface area contributed by atoms with E-state index in [1.54, 1.807) is 7.11 Å². The van der Waals surface area contributed by atoms with Gasteiger partial charge < -0.3 is 10.1 Å². The lowest BCUT2D eigenvalue weighted by atomic mass is 10.1. The molecule has 0 aromatic carbocycles. The highest BCUT2D eigenvalue weighted by atomic mass is 16.5. The zero-order chi connectivity index (χ0) is 10.3. The number of methoxy groups -OCH3 is 1. The Bertz CT molecular complexity index is 152. The zero-order valence-corrected chi connectivity index (χ0v) is 9.55. The van der Waals surface area contributed by atoms with Crippen LogP contribution in [0.4, 0.5) is 0 Å². The van der Waals surface area contributed by atoms with Gasteiger partial charge in [-0.25, -0.2) is 0 Å². The minimum Gasteiger partial charge on any atom is -0.384 e. The van der Waals surface area contributed by atoms with E-state index in [0.29, 0.717) is 12.0 Å². The summed E-state index contributed by atoms with van der Waals surface area (Å²) in [7, 11) is 1.74. The van der Waals surface area contributed by atoms with Crippen LogP contribution in [-0.4, -0.2) is 26.3 Å². The average molecular weight is 185 g/mol. The molecule has 0 amide bonds. The van der Waals surface area contributed by atoms with E-state index in [9.17, 15) is 0 Å². The van der Waals surface area contributed by atoms with Gasteiger partial charge in [-0.3, -0.25) is 0 Å². The predicted molar refractivity (Wildman–Crippen MR) is 57.9 cm³/mol. The molecule has 0 spiro atoms. The van der Waals surface area contributed by atoms with Gasteiger partial charge in [-0.05, 0) is 12.8 Å². The first-order valence-corrected chi connectivity index (χ1v) is 4.96. The molecule has 0 aliphatic heterocycles. The first-order chi connectivity index (χ1) is 6.06. The lowest BCUT2D eigenvalue weighted by Crippen LogP contribution is -2.24. The minimum atomic E-state index is 0.513. The monoisotopic (exact) mass is 185 g/mol. The van der Waals surface area contributed by atoms with E-state index >= 15 is 0 Å². The maximum Gasteiger partial charge on any atom is 0.0522 e. The zero-order valence-electron chi connectivity index (χ0n) is 9.55. The van der Waals surface area contributed by atoms with E-state index in [2.05, 4.69) is 39.1 Å². The Morgan fingerprint density at radius 1 is 1.38 bits per heavy atom. The number of rotatable bonds is 6. The summed E-state index contributed by atoms with van der Waals surface area (Å²) >= 11 is 0. The van der Waals surface area contributed by atoms with E-state index in [0.717, 1.165) is 13.2 Å². The highest BCUT2D eigenvalue weighted by Gasteiger charge is 1.98. The van der Waals surface area contributed by atoms with Crippen molar-refractivity contribution in [1.29, 1.82) is 0 Å². The van der Waals surface area contributed by atoms with Crippen LogP contribution in [0.3, 0.4) is 0 Å². The van der Waals surface area contributed by atoms with Crippen molar-refractivity contribution >= 4 is 0 Å². The van der Waals surface area contributed by atoms with Gasteiger partial charge in [0.25, 0.3) is 0 Å². The molecule has 1 unspecified atom stereocenters. The number of nitrogens with one attached hydrogen (secondary N) is 1. The summed E-state index contributed by atoms with van der Waals surface area (Å²) in [6.07, 6.45) is 2.26. The quantitative estimate of drug-likeness (QED) is 0.641. The van der Waals surface area contributed by atoms with Crippen LogP contribution in [0.1, 0.15) is 27.7 Å². The van der Waals surface area contributed by atoms with Gasteiger partial charge in [-0.15, -0.1) is 0 Å². The highest BCUT2D eigenvalue weighted by Crippen LogP contribution is 2.02. The molecule has 0 heterocycles. The van der Waals surface area contributed by atoms with E-state index in [1.807, 2.05) is 0 Å². The molecule has 0 saturated heterocycles. The summed E-state index contributed by atoms with van der Waals surface area (Å²) in [5.41, 5.74) is 1.39. The Morgan fingerprint density at radius 3 is 2.46 bits per heavy atom. The van der Waals surface area contributed by atoms with Gasteiger partial charge >= 0.3 is 0 Å². The summed E-state index contributed by atoms with van der Waals surface area (Å²) < 4.78 is 5.07. The Morgan fingerprint density at radius 2 is 2.00 bits per heavy atom. The Kier molecular flexibility index (Phi) is 6.92. The van der Waals surface area contributed by atoms with Crippen LogP contribution >= 0.6 is 0 Å². The fourth-order valence-corrected chi connectivity index (χ4v) is 1.22. The molecule has 13 heavy (non-hydrogen) atoms. The van der Waals surface area contributed by atoms with Crippen LogP contribution in [0, 0.1) is 5.92 Å². The second-order valence-electron chi connectivity index (χ2n) is 3.98. The van der Waals surface area contributed by atoms with E-state index in [1.165, 1.54) is 5.57 Å². The molecule has 0 rings (SSSR count). The standard InChI is InChI=1S/C11H23NO/c1-9(2)12-7-10(3)6-11(4)8-13-5/h6,9,11-12H,7-8H2,1-5H3/b10-6-. The van der Waals surface area contributed by atoms with Crippen molar-refractivity contribution in [3.05, 3.63) is 11.6 Å². The molecule has 1 N–H and O–H groups in total. The summed E-state index contributed by atoms with van der Waals surface area (Å²) in [6, 6.07) is 0.557. The normalized spacial score (nSPS) is 15.1. The van der Waals surface area contributed by atoms with E-state index in [-0.39, 0.29) is 0 Å². The van der Waals surface area contributed by atoms with Crippen molar-refractivity contribution in [3.63, 3.8) is 0 Å². The van der Waals surface area contributed by atoms with Crippen LogP contribution in [0.2, 0.25) is 0 Å². The number of ether oxygens (including phenoxy) is 1. The molecular formula is C11H23NO. The Balaban J connectivity index is 3.73. The summed E-state index contributed by atoms with van der Waals surface area (Å²) in [6.45, 7) is 10.4. The highest BCUT2D eigenvalue weighted by molar-refractivity contribution is 5.02. The van der Waals surface area contributed by atoms with Gasteiger partial charge in [-0.1, -0.05) is 32.4 Å². The topological polar surface area (TPSA) is 21.3 Å². The van der Waals surface area contributed by atoms with Crippen LogP contribution in [-0.2, 0) is 4.74 Å². The third-order valence-corrected chi connectivity index (χ3v) is 1.79. The first-order valence-electron chi connectivity index (χ1n) is 4.96. The van der Waals surface area contributed by atoms with Crippen molar-refractivity contribution in [3.8, 4) is 0 Å². The molecule has 0 aromatic heterocycles. The molecule has 1 atom stereocenters. The molecule has 0 aliphatic carbocycles. The van der Waals surface area contributed by atoms with Crippen LogP contribution in [0.15, 0.2) is 11.6 Å². The lowest BCUT2D eigenvalue weighted by molar-refractivity contribution is 0.175. The Labute approximate surface area is 82.4 Å². The first kappa shape index (κ1) is 12.7. The van der Waals surface area contributed by atoms with Crippen molar-refractivity contribution in [1.82, 2.24) is 5.32 Å². The molecule has 78 valence electrons. The molecule has 2 nitrogen and oxygen atoms in total. The molecule has 0 aromatic rings. The molecule has 0 bridgehead atoms. The van der Waals surface area contributed by atoms with Crippen LogP contribution < -0.4 is 5.32 Å². The molecular weight excluding hydrogens is 162 g/mol. The van der Waals surface area contributed by atoms with Crippen molar-refractivity contribution in [2.45, 2.75) is 33.7 Å². The summed E-state index contributed by atoms with van der Waals surface area (Å²) in [4.78, 5) is 0. The number of hydrogen-bond donors (Lipinski definition) is 1. The minimum absolute atomic E-state index is 0.513. The van der Waals surface area contributed by atoms with Gasteiger partial charge in [0, 0.05) is 19.7 Å². The molecule has 0 saturated carbocycles. The lowest BCUT2D eigenvalue weighted by Gasteiger charge is -2.10. The second kappa shape index (κ2) is 7.10. The summed E-state index contributed by atoms with van der Waals surface area (Å²) in [5.74, 6) is 0.513. The SMILES string of the molecule is COCC(C)/C=C(/C)CNC(C)C. The smallest absolute Gasteiger partial charge is 0.0522 e. The van der Waals surface area contributed by atoms with Crippen molar-refractivity contribution < 1.29 is 4.74 Å². The largest absolute Gasteiger partial charge is 0.384 e. The fraction of sp³-hybridized carbons (Fsp3) is 0.818. The molecule has 0 radical (unpaired) electrons. The van der Waals surface area contributed by atoms with Crippen LogP contribution in [0.5, 0.6) is 0 Å². The summed E-state index contributed by atoms with van der Waals surface area (Å²) in [5, 5.41) is 3.38. The van der Waals surface area contributed by atoms with Gasteiger partial charge in [0.05, 0.1) is 6.61 Å².